The van der Waals surface area contributed by atoms with Crippen LogP contribution in [0.25, 0.3) is 0 Å². The summed E-state index contributed by atoms with van der Waals surface area (Å²) in [6, 6.07) is 0. The molecule has 0 aromatic carbocycles. The Hall–Kier alpha value is -1.76. The molecule has 0 rings (SSSR count). The van der Waals surface area contributed by atoms with Gasteiger partial charge in [0.15, 0.2) is 0 Å². The lowest BCUT2D eigenvalue weighted by Crippen LogP contribution is -3.00. The maximum Gasteiger partial charge on any atom is 0.316 e. The van der Waals surface area contributed by atoms with E-state index in [2.05, 4.69) is 94.1 Å². The topological polar surface area (TPSA) is 55.4 Å². The van der Waals surface area contributed by atoms with Crippen molar-refractivity contribution in [2.75, 3.05) is 52.3 Å². The zero-order valence-electron chi connectivity index (χ0n) is 22.9. The SMILES string of the molecule is CC/C=C\C/C=C\C/C=C\C/C=C\C/C=C\CCCC(=O)NCCSCC(=O)OCC[N+](C)(C)C.[Cl-]. The first-order valence-corrected chi connectivity index (χ1v) is 14.1. The number of allylic oxidation sites excluding steroid dienone is 10. The molecule has 206 valence electrons. The second-order valence-corrected chi connectivity index (χ2v) is 10.3. The number of rotatable bonds is 21. The molecule has 36 heavy (non-hydrogen) atoms. The number of carbonyl (C=O) groups excluding carboxylic acids is 2. The average Bonchev–Trinajstić information content (AvgIpc) is 2.80. The maximum absolute atomic E-state index is 11.9. The second kappa shape index (κ2) is 26.3. The molecule has 0 aromatic heterocycles. The Morgan fingerprint density at radius 2 is 1.36 bits per heavy atom. The third-order valence-electron chi connectivity index (χ3n) is 4.75. The van der Waals surface area contributed by atoms with Crippen LogP contribution in [0, 0.1) is 0 Å². The molecule has 1 amide bonds. The van der Waals surface area contributed by atoms with Gasteiger partial charge in [-0.1, -0.05) is 67.7 Å². The van der Waals surface area contributed by atoms with Crippen molar-refractivity contribution < 1.29 is 31.2 Å². The van der Waals surface area contributed by atoms with E-state index in [1.807, 2.05) is 0 Å². The minimum atomic E-state index is -0.188. The maximum atomic E-state index is 11.9. The van der Waals surface area contributed by atoms with Crippen LogP contribution in [0.4, 0.5) is 0 Å². The summed E-state index contributed by atoms with van der Waals surface area (Å²) in [5.74, 6) is 0.928. The van der Waals surface area contributed by atoms with Crippen LogP contribution in [0.5, 0.6) is 0 Å². The molecule has 7 heteroatoms. The van der Waals surface area contributed by atoms with Crippen LogP contribution in [0.15, 0.2) is 60.8 Å². The summed E-state index contributed by atoms with van der Waals surface area (Å²) < 4.78 is 5.98. The lowest BCUT2D eigenvalue weighted by molar-refractivity contribution is -0.870. The molecule has 0 radical (unpaired) electrons. The van der Waals surface area contributed by atoms with Crippen molar-refractivity contribution in [3.05, 3.63) is 60.8 Å². The molecule has 0 bridgehead atoms. The van der Waals surface area contributed by atoms with Crippen molar-refractivity contribution in [3.8, 4) is 0 Å². The first-order valence-electron chi connectivity index (χ1n) is 12.9. The van der Waals surface area contributed by atoms with Crippen LogP contribution >= 0.6 is 11.8 Å². The van der Waals surface area contributed by atoms with Crippen LogP contribution in [0.2, 0.25) is 0 Å². The molecule has 0 heterocycles. The number of unbranched alkanes of at least 4 members (excludes halogenated alkanes) is 1. The third-order valence-corrected chi connectivity index (χ3v) is 5.68. The van der Waals surface area contributed by atoms with Gasteiger partial charge in [-0.2, -0.15) is 0 Å². The first kappa shape index (κ1) is 36.4. The molecule has 0 atom stereocenters. The fourth-order valence-electron chi connectivity index (χ4n) is 2.73. The molecule has 5 nitrogen and oxygen atoms in total. The lowest BCUT2D eigenvalue weighted by Gasteiger charge is -2.23. The number of thioether (sulfide) groups is 1. The summed E-state index contributed by atoms with van der Waals surface area (Å²) >= 11 is 1.49. The smallest absolute Gasteiger partial charge is 0.316 e. The Morgan fingerprint density at radius 1 is 0.833 bits per heavy atom. The molecular weight excluding hydrogens is 492 g/mol. The fraction of sp³-hybridized carbons (Fsp3) is 0.586. The van der Waals surface area contributed by atoms with E-state index in [1.165, 1.54) is 11.8 Å². The van der Waals surface area contributed by atoms with Crippen molar-refractivity contribution >= 4 is 23.6 Å². The summed E-state index contributed by atoms with van der Waals surface area (Å²) in [5, 5.41) is 2.91. The van der Waals surface area contributed by atoms with Crippen LogP contribution in [-0.2, 0) is 14.3 Å². The van der Waals surface area contributed by atoms with Gasteiger partial charge >= 0.3 is 5.97 Å². The second-order valence-electron chi connectivity index (χ2n) is 9.24. The Morgan fingerprint density at radius 3 is 1.89 bits per heavy atom. The summed E-state index contributed by atoms with van der Waals surface area (Å²) in [5.41, 5.74) is 0. The lowest BCUT2D eigenvalue weighted by atomic mass is 10.2. The minimum absolute atomic E-state index is 0. The predicted molar refractivity (Wildman–Crippen MR) is 153 cm³/mol. The number of halogens is 1. The monoisotopic (exact) mass is 540 g/mol. The molecule has 0 fully saturated rings. The number of hydrogen-bond acceptors (Lipinski definition) is 4. The van der Waals surface area contributed by atoms with Gasteiger partial charge in [-0.05, 0) is 44.9 Å². The molecule has 0 spiro atoms. The standard InChI is InChI=1S/C29H48N2O3S.ClH/c1-5-6-7-8-9-10-11-12-13-14-15-16-17-18-19-20-21-22-28(32)30-23-26-35-27-29(33)34-25-24-31(2,3)4;/h6-7,9-10,12-13,15-16,18-19H,5,8,11,14,17,20-27H2,1-4H3;1H/b7-6-,10-9-,13-12-,16-15-,19-18-;. The zero-order valence-corrected chi connectivity index (χ0v) is 24.5. The molecule has 0 aliphatic rings. The molecular formula is C29H49ClN2O3S. The normalized spacial score (nSPS) is 12.3. The van der Waals surface area contributed by atoms with Gasteiger partial charge in [0.2, 0.25) is 5.91 Å². The Labute approximate surface area is 231 Å². The van der Waals surface area contributed by atoms with E-state index in [9.17, 15) is 9.59 Å². The van der Waals surface area contributed by atoms with E-state index in [0.717, 1.165) is 56.0 Å². The highest BCUT2D eigenvalue weighted by Crippen LogP contribution is 2.02. The Balaban J connectivity index is 0. The number of nitrogens with one attached hydrogen (secondary N) is 1. The van der Waals surface area contributed by atoms with Gasteiger partial charge in [0, 0.05) is 18.7 Å². The highest BCUT2D eigenvalue weighted by molar-refractivity contribution is 7.99. The van der Waals surface area contributed by atoms with E-state index >= 15 is 0 Å². The van der Waals surface area contributed by atoms with E-state index in [1.54, 1.807) is 0 Å². The third kappa shape index (κ3) is 30.3. The molecule has 1 N–H and O–H groups in total. The van der Waals surface area contributed by atoms with Crippen molar-refractivity contribution in [2.45, 2.75) is 58.3 Å². The summed E-state index contributed by atoms with van der Waals surface area (Å²) in [4.78, 5) is 23.5. The summed E-state index contributed by atoms with van der Waals surface area (Å²) in [6.07, 6.45) is 29.2. The Kier molecular flexibility index (Phi) is 26.6. The van der Waals surface area contributed by atoms with Crippen LogP contribution in [0.3, 0.4) is 0 Å². The predicted octanol–water partition coefficient (Wildman–Crippen LogP) is 3.01. The van der Waals surface area contributed by atoms with Gasteiger partial charge in [-0.15, -0.1) is 11.8 Å². The highest BCUT2D eigenvalue weighted by Gasteiger charge is 2.09. The zero-order chi connectivity index (χ0) is 26.0. The molecule has 0 saturated heterocycles. The van der Waals surface area contributed by atoms with E-state index < -0.39 is 0 Å². The van der Waals surface area contributed by atoms with E-state index in [4.69, 9.17) is 4.74 Å². The van der Waals surface area contributed by atoms with Gasteiger partial charge in [-0.25, -0.2) is 0 Å². The van der Waals surface area contributed by atoms with Crippen LogP contribution < -0.4 is 17.7 Å². The van der Waals surface area contributed by atoms with Crippen molar-refractivity contribution in [1.29, 1.82) is 0 Å². The summed E-state index contributed by atoms with van der Waals surface area (Å²) in [6.45, 7) is 3.97. The van der Waals surface area contributed by atoms with Crippen LogP contribution in [-0.4, -0.2) is 68.7 Å². The van der Waals surface area contributed by atoms with E-state index in [-0.39, 0.29) is 24.3 Å². The number of amides is 1. The van der Waals surface area contributed by atoms with Gasteiger partial charge in [0.25, 0.3) is 0 Å². The molecule has 0 aliphatic carbocycles. The number of hydrogen-bond donors (Lipinski definition) is 1. The molecule has 0 unspecified atom stereocenters. The number of quaternary nitrogens is 1. The molecule has 0 aliphatic heterocycles. The van der Waals surface area contributed by atoms with Crippen molar-refractivity contribution in [2.24, 2.45) is 0 Å². The summed E-state index contributed by atoms with van der Waals surface area (Å²) in [7, 11) is 6.19. The Bertz CT molecular complexity index is 695. The van der Waals surface area contributed by atoms with E-state index in [0.29, 0.717) is 31.1 Å². The van der Waals surface area contributed by atoms with Gasteiger partial charge in [-0.3, -0.25) is 9.59 Å². The first-order chi connectivity index (χ1) is 16.8. The minimum Gasteiger partial charge on any atom is -1.00 e. The fourth-order valence-corrected chi connectivity index (χ4v) is 3.37. The quantitative estimate of drug-likeness (QED) is 0.105. The van der Waals surface area contributed by atoms with Crippen molar-refractivity contribution in [3.63, 3.8) is 0 Å². The number of ether oxygens (including phenoxy) is 1. The van der Waals surface area contributed by atoms with Gasteiger partial charge < -0.3 is 26.9 Å². The number of carbonyl (C=O) groups is 2. The largest absolute Gasteiger partial charge is 1.00 e. The van der Waals surface area contributed by atoms with Gasteiger partial charge in [0.05, 0.1) is 26.9 Å². The number of likely N-dealkylation sites (N-methyl/N-ethyl adjacent to an activating group) is 1. The number of nitrogens with zero attached hydrogens (tertiary/aromatic N) is 1. The molecule has 0 saturated carbocycles. The van der Waals surface area contributed by atoms with Gasteiger partial charge in [0.1, 0.15) is 13.2 Å². The average molecular weight is 541 g/mol. The van der Waals surface area contributed by atoms with Crippen molar-refractivity contribution in [1.82, 2.24) is 5.32 Å². The number of esters is 1. The highest BCUT2D eigenvalue weighted by atomic mass is 35.5. The molecule has 0 aromatic rings. The van der Waals surface area contributed by atoms with Crippen LogP contribution in [0.1, 0.15) is 58.3 Å².